The van der Waals surface area contributed by atoms with Gasteiger partial charge in [-0.05, 0) is 44.2 Å². The molecule has 2 aliphatic heterocycles. The Kier molecular flexibility index (Phi) is 8.52. The Morgan fingerprint density at radius 2 is 2.08 bits per heavy atom. The van der Waals surface area contributed by atoms with E-state index in [2.05, 4.69) is 30.8 Å². The van der Waals surface area contributed by atoms with Crippen molar-refractivity contribution in [1.29, 1.82) is 0 Å². The number of nitrogens with zero attached hydrogens (tertiary/aromatic N) is 5. The molecule has 11 heteroatoms. The number of anilines is 1. The van der Waals surface area contributed by atoms with Crippen molar-refractivity contribution < 1.29 is 23.0 Å². The highest BCUT2D eigenvalue weighted by Gasteiger charge is 2.26. The molecule has 3 aromatic rings. The Hall–Kier alpha value is -2.36. The van der Waals surface area contributed by atoms with Crippen molar-refractivity contribution in [1.82, 2.24) is 19.7 Å². The Labute approximate surface area is 219 Å². The first-order valence-electron chi connectivity index (χ1n) is 13.0. The van der Waals surface area contributed by atoms with Crippen LogP contribution in [0.25, 0.3) is 22.3 Å². The fourth-order valence-corrected chi connectivity index (χ4v) is 5.60. The molecule has 10 nitrogen and oxygen atoms in total. The Morgan fingerprint density at radius 1 is 1.19 bits per heavy atom. The second kappa shape index (κ2) is 12.0. The smallest absolute Gasteiger partial charge is 0.396 e. The van der Waals surface area contributed by atoms with Gasteiger partial charge in [0.1, 0.15) is 22.8 Å². The van der Waals surface area contributed by atoms with Gasteiger partial charge in [-0.2, -0.15) is 5.10 Å². The van der Waals surface area contributed by atoms with Crippen LogP contribution in [-0.4, -0.2) is 65.9 Å². The Morgan fingerprint density at radius 3 is 2.84 bits per heavy atom. The van der Waals surface area contributed by atoms with Crippen LogP contribution in [0.15, 0.2) is 30.6 Å². The molecule has 0 aromatic carbocycles. The van der Waals surface area contributed by atoms with Crippen LogP contribution in [0, 0.1) is 5.92 Å². The van der Waals surface area contributed by atoms with Gasteiger partial charge < -0.3 is 27.9 Å². The lowest BCUT2D eigenvalue weighted by Crippen LogP contribution is -2.44. The van der Waals surface area contributed by atoms with Gasteiger partial charge in [-0.25, -0.2) is 9.67 Å². The summed E-state index contributed by atoms with van der Waals surface area (Å²) in [6.45, 7) is 9.64. The third kappa shape index (κ3) is 5.89. The highest BCUT2D eigenvalue weighted by atomic mass is 31.2. The van der Waals surface area contributed by atoms with Gasteiger partial charge >= 0.3 is 8.60 Å². The number of hydrogen-bond donors (Lipinski definition) is 0. The summed E-state index contributed by atoms with van der Waals surface area (Å²) < 4.78 is 31.5. The first kappa shape index (κ1) is 26.3. The lowest BCUT2D eigenvalue weighted by Gasteiger charge is -2.34. The minimum absolute atomic E-state index is 0.111. The molecule has 0 radical (unpaired) electrons. The van der Waals surface area contributed by atoms with Crippen LogP contribution in [-0.2, 0) is 18.5 Å². The lowest BCUT2D eigenvalue weighted by atomic mass is 10.1. The highest BCUT2D eigenvalue weighted by Crippen LogP contribution is 2.45. The van der Waals surface area contributed by atoms with E-state index in [4.69, 9.17) is 33.0 Å². The zero-order valence-corrected chi connectivity index (χ0v) is 22.9. The van der Waals surface area contributed by atoms with E-state index in [1.54, 1.807) is 19.5 Å². The molecule has 2 saturated heterocycles. The van der Waals surface area contributed by atoms with Crippen molar-refractivity contribution in [3.05, 3.63) is 30.6 Å². The molecular weight excluding hydrogens is 493 g/mol. The van der Waals surface area contributed by atoms with Gasteiger partial charge in [-0.3, -0.25) is 4.98 Å². The molecule has 0 amide bonds. The van der Waals surface area contributed by atoms with Crippen molar-refractivity contribution in [2.75, 3.05) is 45.0 Å². The third-order valence-corrected chi connectivity index (χ3v) is 7.52. The minimum Gasteiger partial charge on any atom is -0.426 e. The van der Waals surface area contributed by atoms with E-state index in [9.17, 15) is 0 Å². The summed E-state index contributed by atoms with van der Waals surface area (Å²) in [6, 6.07) is 6.05. The molecule has 0 aliphatic carbocycles. The van der Waals surface area contributed by atoms with Crippen molar-refractivity contribution in [2.45, 2.75) is 52.3 Å². The summed E-state index contributed by atoms with van der Waals surface area (Å²) in [5.74, 6) is 1.82. The molecule has 0 N–H and O–H groups in total. The SMILES string of the molecule is COP(OCC(C)C)Oc1cc(N2CCOC[C@H]2C)nc2c(-c3ccnn3C3CCCCO3)nccc12. The van der Waals surface area contributed by atoms with Gasteiger partial charge in [-0.1, -0.05) is 13.8 Å². The zero-order valence-electron chi connectivity index (χ0n) is 22.0. The molecule has 3 atom stereocenters. The fourth-order valence-electron chi connectivity index (χ4n) is 4.64. The second-order valence-electron chi connectivity index (χ2n) is 9.82. The summed E-state index contributed by atoms with van der Waals surface area (Å²) in [4.78, 5) is 12.2. The van der Waals surface area contributed by atoms with E-state index >= 15 is 0 Å². The van der Waals surface area contributed by atoms with Gasteiger partial charge in [0.25, 0.3) is 0 Å². The van der Waals surface area contributed by atoms with Crippen LogP contribution in [0.2, 0.25) is 0 Å². The molecule has 2 unspecified atom stereocenters. The summed E-state index contributed by atoms with van der Waals surface area (Å²) in [5.41, 5.74) is 2.34. The van der Waals surface area contributed by atoms with Gasteiger partial charge in [0.15, 0.2) is 6.23 Å². The number of rotatable bonds is 9. The molecule has 0 bridgehead atoms. The first-order chi connectivity index (χ1) is 18.0. The normalized spacial score (nSPS) is 21.5. The number of ether oxygens (including phenoxy) is 2. The molecule has 0 spiro atoms. The van der Waals surface area contributed by atoms with Crippen molar-refractivity contribution in [2.24, 2.45) is 5.92 Å². The molecule has 37 heavy (non-hydrogen) atoms. The van der Waals surface area contributed by atoms with Crippen LogP contribution in [0.3, 0.4) is 0 Å². The van der Waals surface area contributed by atoms with Crippen LogP contribution < -0.4 is 9.42 Å². The van der Waals surface area contributed by atoms with Crippen molar-refractivity contribution in [3.63, 3.8) is 0 Å². The van der Waals surface area contributed by atoms with Crippen LogP contribution in [0.1, 0.15) is 46.3 Å². The maximum atomic E-state index is 6.36. The maximum absolute atomic E-state index is 6.36. The topological polar surface area (TPSA) is 93.0 Å². The Bertz CT molecular complexity index is 1190. The largest absolute Gasteiger partial charge is 0.426 e. The number of morpholine rings is 1. The number of pyridine rings is 2. The number of aromatic nitrogens is 4. The summed E-state index contributed by atoms with van der Waals surface area (Å²) in [7, 11) is 0.0258. The summed E-state index contributed by atoms with van der Waals surface area (Å²) >= 11 is 0. The number of fused-ring (bicyclic) bond motifs is 1. The van der Waals surface area contributed by atoms with Gasteiger partial charge in [0, 0.05) is 44.1 Å². The van der Waals surface area contributed by atoms with E-state index in [0.717, 1.165) is 60.5 Å². The molecule has 2 fully saturated rings. The maximum Gasteiger partial charge on any atom is 0.396 e. The molecule has 2 aliphatic rings. The standard InChI is InChI=1S/C26H36N5O5P/c1-18(2)16-35-37(32-4)36-22-15-23(30-12-14-33-17-19(30)3)29-25-20(22)8-10-27-26(25)21-9-11-28-31(21)24-7-5-6-13-34-24/h8-11,15,18-19,24H,5-7,12-14,16-17H2,1-4H3/t19-,24?,37?/m1/s1. The van der Waals surface area contributed by atoms with Crippen LogP contribution in [0.5, 0.6) is 5.75 Å². The van der Waals surface area contributed by atoms with Crippen LogP contribution >= 0.6 is 8.60 Å². The predicted molar refractivity (Wildman–Crippen MR) is 143 cm³/mol. The molecule has 200 valence electrons. The molecular formula is C26H36N5O5P. The van der Waals surface area contributed by atoms with Gasteiger partial charge in [0.2, 0.25) is 0 Å². The summed E-state index contributed by atoms with van der Waals surface area (Å²) in [6.07, 6.45) is 6.57. The average Bonchev–Trinajstić information content (AvgIpc) is 3.41. The van der Waals surface area contributed by atoms with E-state index in [1.807, 2.05) is 22.9 Å². The lowest BCUT2D eigenvalue weighted by molar-refractivity contribution is -0.0383. The first-order valence-corrected chi connectivity index (χ1v) is 14.1. The monoisotopic (exact) mass is 529 g/mol. The van der Waals surface area contributed by atoms with E-state index in [0.29, 0.717) is 31.5 Å². The quantitative estimate of drug-likeness (QED) is 0.341. The molecule has 3 aromatic heterocycles. The zero-order chi connectivity index (χ0) is 25.8. The number of hydrogen-bond acceptors (Lipinski definition) is 9. The highest BCUT2D eigenvalue weighted by molar-refractivity contribution is 7.42. The third-order valence-electron chi connectivity index (χ3n) is 6.51. The van der Waals surface area contributed by atoms with E-state index in [-0.39, 0.29) is 12.3 Å². The fraction of sp³-hybridized carbons (Fsp3) is 0.577. The molecule has 5 rings (SSSR count). The van der Waals surface area contributed by atoms with Gasteiger partial charge in [-0.15, -0.1) is 0 Å². The van der Waals surface area contributed by atoms with E-state index in [1.165, 1.54) is 0 Å². The van der Waals surface area contributed by atoms with E-state index < -0.39 is 8.60 Å². The summed E-state index contributed by atoms with van der Waals surface area (Å²) in [5, 5.41) is 5.44. The van der Waals surface area contributed by atoms with Crippen molar-refractivity contribution in [3.8, 4) is 17.1 Å². The van der Waals surface area contributed by atoms with Gasteiger partial charge in [0.05, 0.1) is 31.6 Å². The Balaban J connectivity index is 1.60. The van der Waals surface area contributed by atoms with Crippen molar-refractivity contribution >= 4 is 25.3 Å². The molecule has 0 saturated carbocycles. The second-order valence-corrected chi connectivity index (χ2v) is 11.1. The average molecular weight is 530 g/mol. The minimum atomic E-state index is -1.58. The predicted octanol–water partition coefficient (Wildman–Crippen LogP) is 5.34. The van der Waals surface area contributed by atoms with Crippen LogP contribution in [0.4, 0.5) is 5.82 Å². The molecule has 5 heterocycles.